The molecule has 0 saturated heterocycles. The number of fused-ring (bicyclic) bond motifs is 1. The molecule has 1 aromatic carbocycles. The van der Waals surface area contributed by atoms with E-state index in [0.717, 1.165) is 22.5 Å². The van der Waals surface area contributed by atoms with E-state index in [9.17, 15) is 0 Å². The van der Waals surface area contributed by atoms with Gasteiger partial charge in [0.1, 0.15) is 11.5 Å². The zero-order valence-electron chi connectivity index (χ0n) is 11.7. The van der Waals surface area contributed by atoms with Gasteiger partial charge in [-0.15, -0.1) is 0 Å². The van der Waals surface area contributed by atoms with Crippen LogP contribution < -0.4 is 5.73 Å². The summed E-state index contributed by atoms with van der Waals surface area (Å²) in [6.07, 6.45) is 3.58. The second-order valence-corrected chi connectivity index (χ2v) is 4.93. The van der Waals surface area contributed by atoms with Crippen molar-refractivity contribution >= 4 is 11.5 Å². The molecule has 3 aromatic heterocycles. The normalized spacial score (nSPS) is 10.9. The van der Waals surface area contributed by atoms with E-state index in [-0.39, 0.29) is 0 Å². The minimum absolute atomic E-state index is 0.462. The Hall–Kier alpha value is -3.21. The molecule has 5 heteroatoms. The monoisotopic (exact) mass is 287 g/mol. The first-order chi connectivity index (χ1) is 10.8. The molecule has 0 spiro atoms. The Labute approximate surface area is 127 Å². The van der Waals surface area contributed by atoms with E-state index in [1.807, 2.05) is 54.7 Å². The van der Waals surface area contributed by atoms with Crippen LogP contribution in [0.15, 0.2) is 67.0 Å². The summed E-state index contributed by atoms with van der Waals surface area (Å²) >= 11 is 0. The highest BCUT2D eigenvalue weighted by Crippen LogP contribution is 2.33. The van der Waals surface area contributed by atoms with Gasteiger partial charge in [-0.1, -0.05) is 36.4 Å². The number of aromatic nitrogens is 4. The number of nitrogens with two attached hydrogens (primary N) is 1. The van der Waals surface area contributed by atoms with Gasteiger partial charge in [0.05, 0.1) is 11.3 Å². The number of nitrogens with zero attached hydrogens (tertiary/aromatic N) is 4. The van der Waals surface area contributed by atoms with E-state index in [0.29, 0.717) is 11.5 Å². The molecule has 0 aliphatic heterocycles. The quantitative estimate of drug-likeness (QED) is 0.615. The Bertz CT molecular complexity index is 929. The molecular formula is C17H13N5. The van der Waals surface area contributed by atoms with Gasteiger partial charge in [-0.25, -0.2) is 9.50 Å². The summed E-state index contributed by atoms with van der Waals surface area (Å²) in [6, 6.07) is 17.5. The molecule has 2 N–H and O–H groups in total. The van der Waals surface area contributed by atoms with Crippen LogP contribution in [0.3, 0.4) is 0 Å². The van der Waals surface area contributed by atoms with Crippen molar-refractivity contribution in [2.45, 2.75) is 0 Å². The minimum atomic E-state index is 0.462. The van der Waals surface area contributed by atoms with Gasteiger partial charge in [0.15, 0.2) is 5.65 Å². The Morgan fingerprint density at radius 3 is 2.50 bits per heavy atom. The van der Waals surface area contributed by atoms with Crippen molar-refractivity contribution < 1.29 is 0 Å². The summed E-state index contributed by atoms with van der Waals surface area (Å²) in [5.41, 5.74) is 10.1. The van der Waals surface area contributed by atoms with E-state index in [4.69, 9.17) is 5.73 Å². The van der Waals surface area contributed by atoms with Crippen LogP contribution in [0, 0.1) is 0 Å². The van der Waals surface area contributed by atoms with E-state index in [2.05, 4.69) is 15.1 Å². The highest BCUT2D eigenvalue weighted by molar-refractivity contribution is 5.89. The molecule has 0 bridgehead atoms. The van der Waals surface area contributed by atoms with Gasteiger partial charge in [0, 0.05) is 18.0 Å². The fraction of sp³-hybridized carbons (Fsp3) is 0. The van der Waals surface area contributed by atoms with Crippen LogP contribution in [0.1, 0.15) is 0 Å². The molecule has 3 heterocycles. The third-order valence-electron chi connectivity index (χ3n) is 3.47. The topological polar surface area (TPSA) is 69.1 Å². The lowest BCUT2D eigenvalue weighted by Crippen LogP contribution is -1.95. The molecule has 0 amide bonds. The highest BCUT2D eigenvalue weighted by Gasteiger charge is 2.18. The molecule has 0 atom stereocenters. The minimum Gasteiger partial charge on any atom is -0.384 e. The van der Waals surface area contributed by atoms with Gasteiger partial charge in [0.2, 0.25) is 0 Å². The van der Waals surface area contributed by atoms with Gasteiger partial charge in [-0.05, 0) is 18.2 Å². The number of benzene rings is 1. The van der Waals surface area contributed by atoms with Crippen molar-refractivity contribution in [3.63, 3.8) is 0 Å². The van der Waals surface area contributed by atoms with Crippen molar-refractivity contribution in [2.75, 3.05) is 5.73 Å². The number of hydrogen-bond donors (Lipinski definition) is 1. The van der Waals surface area contributed by atoms with Crippen LogP contribution in [0.5, 0.6) is 0 Å². The molecule has 4 rings (SSSR count). The molecule has 0 unspecified atom stereocenters. The summed E-state index contributed by atoms with van der Waals surface area (Å²) in [7, 11) is 0. The van der Waals surface area contributed by atoms with Crippen LogP contribution in [-0.2, 0) is 0 Å². The van der Waals surface area contributed by atoms with Gasteiger partial charge < -0.3 is 5.73 Å². The molecule has 5 nitrogen and oxygen atoms in total. The molecule has 0 aliphatic carbocycles. The zero-order chi connectivity index (χ0) is 14.9. The first kappa shape index (κ1) is 12.5. The second kappa shape index (κ2) is 4.96. The number of anilines is 1. The third-order valence-corrected chi connectivity index (χ3v) is 3.47. The number of pyridine rings is 1. The fourth-order valence-electron chi connectivity index (χ4n) is 2.49. The van der Waals surface area contributed by atoms with Crippen molar-refractivity contribution in [2.24, 2.45) is 0 Å². The maximum absolute atomic E-state index is 5.85. The SMILES string of the molecule is Nc1ccn2nc(-c3ccccc3)c(-c3ccccn3)c2n1. The first-order valence-electron chi connectivity index (χ1n) is 6.94. The van der Waals surface area contributed by atoms with Crippen LogP contribution in [0.2, 0.25) is 0 Å². The summed E-state index contributed by atoms with van der Waals surface area (Å²) in [6.45, 7) is 0. The maximum Gasteiger partial charge on any atom is 0.167 e. The van der Waals surface area contributed by atoms with Gasteiger partial charge in [-0.2, -0.15) is 5.10 Å². The third kappa shape index (κ3) is 2.00. The van der Waals surface area contributed by atoms with E-state index < -0.39 is 0 Å². The van der Waals surface area contributed by atoms with Crippen LogP contribution >= 0.6 is 0 Å². The molecular weight excluding hydrogens is 274 g/mol. The predicted molar refractivity (Wildman–Crippen MR) is 86.1 cm³/mol. The molecule has 0 radical (unpaired) electrons. The Morgan fingerprint density at radius 1 is 0.909 bits per heavy atom. The Balaban J connectivity index is 2.08. The second-order valence-electron chi connectivity index (χ2n) is 4.93. The number of hydrogen-bond acceptors (Lipinski definition) is 4. The van der Waals surface area contributed by atoms with Crippen molar-refractivity contribution in [3.05, 3.63) is 67.0 Å². The lowest BCUT2D eigenvalue weighted by atomic mass is 10.1. The maximum atomic E-state index is 5.85. The lowest BCUT2D eigenvalue weighted by molar-refractivity contribution is 0.946. The van der Waals surface area contributed by atoms with Gasteiger partial charge >= 0.3 is 0 Å². The lowest BCUT2D eigenvalue weighted by Gasteiger charge is -2.02. The van der Waals surface area contributed by atoms with Gasteiger partial charge in [-0.3, -0.25) is 4.98 Å². The molecule has 0 saturated carbocycles. The average molecular weight is 287 g/mol. The average Bonchev–Trinajstić information content (AvgIpc) is 2.95. The molecule has 22 heavy (non-hydrogen) atoms. The van der Waals surface area contributed by atoms with Crippen LogP contribution in [0.25, 0.3) is 28.2 Å². The number of nitrogen functional groups attached to an aromatic ring is 1. The molecule has 4 aromatic rings. The summed E-state index contributed by atoms with van der Waals surface area (Å²) in [5, 5.41) is 4.66. The smallest absolute Gasteiger partial charge is 0.167 e. The highest BCUT2D eigenvalue weighted by atomic mass is 15.3. The standard InChI is InChI=1S/C17H13N5/c18-14-9-11-22-17(20-14)15(13-8-4-5-10-19-13)16(21-22)12-6-2-1-3-7-12/h1-11H,(H2,18,20). The van der Waals surface area contributed by atoms with Crippen molar-refractivity contribution in [3.8, 4) is 22.5 Å². The summed E-state index contributed by atoms with van der Waals surface area (Å²) in [5.74, 6) is 0.462. The Morgan fingerprint density at radius 2 is 1.73 bits per heavy atom. The first-order valence-corrected chi connectivity index (χ1v) is 6.94. The van der Waals surface area contributed by atoms with E-state index >= 15 is 0 Å². The van der Waals surface area contributed by atoms with E-state index in [1.165, 1.54) is 0 Å². The zero-order valence-corrected chi connectivity index (χ0v) is 11.7. The molecule has 0 fully saturated rings. The fourth-order valence-corrected chi connectivity index (χ4v) is 2.49. The van der Waals surface area contributed by atoms with Crippen molar-refractivity contribution in [1.29, 1.82) is 0 Å². The molecule has 106 valence electrons. The molecule has 0 aliphatic rings. The Kier molecular flexibility index (Phi) is 2.83. The summed E-state index contributed by atoms with van der Waals surface area (Å²) in [4.78, 5) is 8.89. The van der Waals surface area contributed by atoms with E-state index in [1.54, 1.807) is 16.8 Å². The van der Waals surface area contributed by atoms with Crippen LogP contribution in [0.4, 0.5) is 5.82 Å². The number of rotatable bonds is 2. The van der Waals surface area contributed by atoms with Gasteiger partial charge in [0.25, 0.3) is 0 Å². The van der Waals surface area contributed by atoms with Crippen LogP contribution in [-0.4, -0.2) is 19.6 Å². The largest absolute Gasteiger partial charge is 0.384 e. The van der Waals surface area contributed by atoms with Crippen molar-refractivity contribution in [1.82, 2.24) is 19.6 Å². The predicted octanol–water partition coefficient (Wildman–Crippen LogP) is 3.04. The summed E-state index contributed by atoms with van der Waals surface area (Å²) < 4.78 is 1.74.